The number of amides is 1. The van der Waals surface area contributed by atoms with E-state index in [1.54, 1.807) is 6.08 Å². The predicted molar refractivity (Wildman–Crippen MR) is 109 cm³/mol. The van der Waals surface area contributed by atoms with Crippen LogP contribution in [0.2, 0.25) is 0 Å². The van der Waals surface area contributed by atoms with Gasteiger partial charge in [-0.1, -0.05) is 37.3 Å². The third kappa shape index (κ3) is 4.11. The Morgan fingerprint density at radius 1 is 1.27 bits per heavy atom. The summed E-state index contributed by atoms with van der Waals surface area (Å²) in [4.78, 5) is 16.7. The van der Waals surface area contributed by atoms with Gasteiger partial charge in [0.2, 0.25) is 5.91 Å². The van der Waals surface area contributed by atoms with Crippen LogP contribution < -0.4 is 5.32 Å². The summed E-state index contributed by atoms with van der Waals surface area (Å²) in [6.07, 6.45) is 4.42. The molecular weight excluding hydrogens is 342 g/mol. The van der Waals surface area contributed by atoms with E-state index >= 15 is 0 Å². The van der Waals surface area contributed by atoms with E-state index < -0.39 is 0 Å². The van der Waals surface area contributed by atoms with E-state index in [1.807, 2.05) is 35.7 Å². The first kappa shape index (κ1) is 18.1. The molecule has 0 bridgehead atoms. The van der Waals surface area contributed by atoms with Crippen LogP contribution in [0, 0.1) is 13.8 Å². The maximum atomic E-state index is 12.1. The fourth-order valence-corrected chi connectivity index (χ4v) is 3.68. The first-order valence-electron chi connectivity index (χ1n) is 8.75. The van der Waals surface area contributed by atoms with Gasteiger partial charge in [0.1, 0.15) is 0 Å². The Bertz CT molecular complexity index is 922. The Morgan fingerprint density at radius 3 is 2.77 bits per heavy atom. The van der Waals surface area contributed by atoms with Gasteiger partial charge in [0.15, 0.2) is 5.13 Å². The molecule has 1 amide bonds. The molecule has 2 aromatic heterocycles. The zero-order valence-corrected chi connectivity index (χ0v) is 16.1. The number of carbonyl (C=O) groups excluding carboxylic acids is 1. The molecule has 4 nitrogen and oxygen atoms in total. The highest BCUT2D eigenvalue weighted by Gasteiger charge is 2.13. The van der Waals surface area contributed by atoms with Gasteiger partial charge in [-0.25, -0.2) is 4.98 Å². The smallest absolute Gasteiger partial charge is 0.250 e. The SMILES string of the molecule is CCCn1c(C)cc(-c2csc(NC(=O)/C=C/c3ccccc3)n2)c1C. The van der Waals surface area contributed by atoms with Crippen molar-refractivity contribution in [1.82, 2.24) is 9.55 Å². The highest BCUT2D eigenvalue weighted by atomic mass is 32.1. The average Bonchev–Trinajstić information content (AvgIpc) is 3.20. The number of thiazole rings is 1. The Morgan fingerprint density at radius 2 is 2.04 bits per heavy atom. The van der Waals surface area contributed by atoms with Gasteiger partial charge in [0.25, 0.3) is 0 Å². The molecule has 0 unspecified atom stereocenters. The lowest BCUT2D eigenvalue weighted by atomic mass is 10.2. The Balaban J connectivity index is 1.71. The standard InChI is InChI=1S/C21H23N3OS/c1-4-12-24-15(2)13-18(16(24)3)19-14-26-21(22-19)23-20(25)11-10-17-8-6-5-7-9-17/h5-11,13-14H,4,12H2,1-3H3,(H,22,23,25)/b11-10+. The van der Waals surface area contributed by atoms with Crippen LogP contribution in [0.25, 0.3) is 17.3 Å². The average molecular weight is 366 g/mol. The quantitative estimate of drug-likeness (QED) is 0.603. The molecule has 0 saturated carbocycles. The number of nitrogens with one attached hydrogen (secondary N) is 1. The fraction of sp³-hybridized carbons (Fsp3) is 0.238. The van der Waals surface area contributed by atoms with Crippen molar-refractivity contribution < 1.29 is 4.79 Å². The van der Waals surface area contributed by atoms with Crippen LogP contribution in [0.3, 0.4) is 0 Å². The third-order valence-corrected chi connectivity index (χ3v) is 5.02. The van der Waals surface area contributed by atoms with Gasteiger partial charge in [0, 0.05) is 35.0 Å². The van der Waals surface area contributed by atoms with Crippen molar-refractivity contribution in [1.29, 1.82) is 0 Å². The van der Waals surface area contributed by atoms with E-state index in [0.717, 1.165) is 29.8 Å². The number of aromatic nitrogens is 2. The summed E-state index contributed by atoms with van der Waals surface area (Å²) in [6, 6.07) is 11.9. The monoisotopic (exact) mass is 365 g/mol. The molecule has 5 heteroatoms. The molecule has 3 aromatic rings. The fourth-order valence-electron chi connectivity index (χ4n) is 2.97. The molecule has 134 valence electrons. The number of benzene rings is 1. The summed E-state index contributed by atoms with van der Waals surface area (Å²) in [5, 5.41) is 5.45. The third-order valence-electron chi connectivity index (χ3n) is 4.26. The molecule has 0 fully saturated rings. The molecule has 0 atom stereocenters. The van der Waals surface area contributed by atoms with Crippen LogP contribution in [-0.2, 0) is 11.3 Å². The highest BCUT2D eigenvalue weighted by Crippen LogP contribution is 2.30. The maximum Gasteiger partial charge on any atom is 0.250 e. The predicted octanol–water partition coefficient (Wildman–Crippen LogP) is 5.29. The molecule has 2 heterocycles. The topological polar surface area (TPSA) is 46.9 Å². The van der Waals surface area contributed by atoms with Gasteiger partial charge in [-0.05, 0) is 38.0 Å². The van der Waals surface area contributed by atoms with Crippen molar-refractivity contribution in [3.8, 4) is 11.3 Å². The lowest BCUT2D eigenvalue weighted by molar-refractivity contribution is -0.111. The largest absolute Gasteiger partial charge is 0.348 e. The summed E-state index contributed by atoms with van der Waals surface area (Å²) < 4.78 is 2.32. The summed E-state index contributed by atoms with van der Waals surface area (Å²) in [7, 11) is 0. The van der Waals surface area contributed by atoms with Crippen LogP contribution in [0.15, 0.2) is 47.9 Å². The first-order chi connectivity index (χ1) is 12.6. The lowest BCUT2D eigenvalue weighted by Gasteiger charge is -2.07. The van der Waals surface area contributed by atoms with Gasteiger partial charge in [0.05, 0.1) is 5.69 Å². The van der Waals surface area contributed by atoms with E-state index in [0.29, 0.717) is 5.13 Å². The summed E-state index contributed by atoms with van der Waals surface area (Å²) in [5.41, 5.74) is 5.49. The van der Waals surface area contributed by atoms with Gasteiger partial charge in [-0.15, -0.1) is 11.3 Å². The van der Waals surface area contributed by atoms with E-state index in [1.165, 1.54) is 28.8 Å². The Kier molecular flexibility index (Phi) is 5.68. The van der Waals surface area contributed by atoms with E-state index in [9.17, 15) is 4.79 Å². The number of carbonyl (C=O) groups is 1. The molecule has 1 N–H and O–H groups in total. The maximum absolute atomic E-state index is 12.1. The van der Waals surface area contributed by atoms with Crippen molar-refractivity contribution in [2.45, 2.75) is 33.7 Å². The molecule has 0 radical (unpaired) electrons. The van der Waals surface area contributed by atoms with Crippen LogP contribution in [-0.4, -0.2) is 15.5 Å². The van der Waals surface area contributed by atoms with Crippen LogP contribution >= 0.6 is 11.3 Å². The van der Waals surface area contributed by atoms with Crippen LogP contribution in [0.1, 0.15) is 30.3 Å². The van der Waals surface area contributed by atoms with Gasteiger partial charge in [-0.3, -0.25) is 10.1 Å². The first-order valence-corrected chi connectivity index (χ1v) is 9.63. The van der Waals surface area contributed by atoms with E-state index in [-0.39, 0.29) is 5.91 Å². The van der Waals surface area contributed by atoms with Gasteiger partial charge < -0.3 is 4.57 Å². The molecule has 0 spiro atoms. The van der Waals surface area contributed by atoms with E-state index in [4.69, 9.17) is 0 Å². The summed E-state index contributed by atoms with van der Waals surface area (Å²) in [5.74, 6) is -0.175. The Labute approximate surface area is 158 Å². The molecule has 0 aliphatic heterocycles. The number of hydrogen-bond acceptors (Lipinski definition) is 3. The van der Waals surface area contributed by atoms with Crippen molar-refractivity contribution in [3.63, 3.8) is 0 Å². The summed E-state index contributed by atoms with van der Waals surface area (Å²) >= 11 is 1.45. The normalized spacial score (nSPS) is 11.2. The number of hydrogen-bond donors (Lipinski definition) is 1. The van der Waals surface area contributed by atoms with Crippen LogP contribution in [0.5, 0.6) is 0 Å². The molecule has 1 aromatic carbocycles. The second-order valence-corrected chi connectivity index (χ2v) is 7.07. The second kappa shape index (κ2) is 8.15. The minimum Gasteiger partial charge on any atom is -0.348 e. The van der Waals surface area contributed by atoms with Gasteiger partial charge >= 0.3 is 0 Å². The molecule has 0 aliphatic carbocycles. The molecule has 26 heavy (non-hydrogen) atoms. The number of aryl methyl sites for hydroxylation is 1. The summed E-state index contributed by atoms with van der Waals surface area (Å²) in [6.45, 7) is 7.43. The van der Waals surface area contributed by atoms with Crippen molar-refractivity contribution in [2.24, 2.45) is 0 Å². The van der Waals surface area contributed by atoms with Crippen LogP contribution in [0.4, 0.5) is 5.13 Å². The van der Waals surface area contributed by atoms with Crippen molar-refractivity contribution >= 4 is 28.5 Å². The molecular formula is C21H23N3OS. The van der Waals surface area contributed by atoms with E-state index in [2.05, 4.69) is 41.7 Å². The number of rotatable bonds is 6. The zero-order valence-electron chi connectivity index (χ0n) is 15.3. The highest BCUT2D eigenvalue weighted by molar-refractivity contribution is 7.14. The number of anilines is 1. The molecule has 0 saturated heterocycles. The molecule has 0 aliphatic rings. The second-order valence-electron chi connectivity index (χ2n) is 6.21. The Hall–Kier alpha value is -2.66. The minimum absolute atomic E-state index is 0.175. The minimum atomic E-state index is -0.175. The number of nitrogens with zero attached hydrogens (tertiary/aromatic N) is 2. The van der Waals surface area contributed by atoms with Crippen molar-refractivity contribution in [3.05, 3.63) is 64.8 Å². The lowest BCUT2D eigenvalue weighted by Crippen LogP contribution is -2.07. The zero-order chi connectivity index (χ0) is 18.5. The molecule has 3 rings (SSSR count). The van der Waals surface area contributed by atoms with Crippen molar-refractivity contribution in [2.75, 3.05) is 5.32 Å². The van der Waals surface area contributed by atoms with Gasteiger partial charge in [-0.2, -0.15) is 0 Å².